The molecule has 1 aromatic heterocycles. The monoisotopic (exact) mass is 275 g/mol. The molecule has 0 aliphatic carbocycles. The first-order chi connectivity index (χ1) is 9.65. The fourth-order valence-electron chi connectivity index (χ4n) is 2.08. The summed E-state index contributed by atoms with van der Waals surface area (Å²) in [6.07, 6.45) is 5.52. The number of nitrogens with zero attached hydrogens (tertiary/aromatic N) is 3. The summed E-state index contributed by atoms with van der Waals surface area (Å²) in [7, 11) is 0. The largest absolute Gasteiger partial charge is 0.331 e. The van der Waals surface area contributed by atoms with Crippen LogP contribution in [0, 0.1) is 10.1 Å². The van der Waals surface area contributed by atoms with Crippen molar-refractivity contribution in [1.29, 1.82) is 0 Å². The second-order valence-corrected chi connectivity index (χ2v) is 4.47. The molecule has 0 atom stereocenters. The summed E-state index contributed by atoms with van der Waals surface area (Å²) in [5.41, 5.74) is 3.45. The van der Waals surface area contributed by atoms with Gasteiger partial charge in [-0.3, -0.25) is 16.0 Å². The Morgan fingerprint density at radius 3 is 2.95 bits per heavy atom. The SMILES string of the molecule is CCCc1nccn1Cc1ccc(NN)c([N+](=O)[O-])c1. The molecule has 3 N–H and O–H groups in total. The van der Waals surface area contributed by atoms with Gasteiger partial charge in [-0.25, -0.2) is 4.98 Å². The van der Waals surface area contributed by atoms with Crippen LogP contribution in [-0.4, -0.2) is 14.5 Å². The molecule has 7 heteroatoms. The maximum absolute atomic E-state index is 11.0. The third kappa shape index (κ3) is 2.94. The average molecular weight is 275 g/mol. The molecule has 0 unspecified atom stereocenters. The lowest BCUT2D eigenvalue weighted by Gasteiger charge is -2.09. The van der Waals surface area contributed by atoms with Crippen molar-refractivity contribution < 1.29 is 4.92 Å². The fourth-order valence-corrected chi connectivity index (χ4v) is 2.08. The van der Waals surface area contributed by atoms with Crippen molar-refractivity contribution in [1.82, 2.24) is 9.55 Å². The molecular formula is C13H17N5O2. The zero-order valence-corrected chi connectivity index (χ0v) is 11.2. The number of imidazole rings is 1. The lowest BCUT2D eigenvalue weighted by molar-refractivity contribution is -0.384. The Balaban J connectivity index is 2.27. The number of hydrogen-bond acceptors (Lipinski definition) is 5. The van der Waals surface area contributed by atoms with Gasteiger partial charge in [0.25, 0.3) is 5.69 Å². The summed E-state index contributed by atoms with van der Waals surface area (Å²) in [6.45, 7) is 2.65. The number of aromatic nitrogens is 2. The Morgan fingerprint density at radius 2 is 2.30 bits per heavy atom. The number of rotatable bonds is 6. The zero-order valence-electron chi connectivity index (χ0n) is 11.2. The van der Waals surface area contributed by atoms with E-state index in [1.165, 1.54) is 6.07 Å². The Bertz CT molecular complexity index is 609. The van der Waals surface area contributed by atoms with Crippen LogP contribution in [0.3, 0.4) is 0 Å². The van der Waals surface area contributed by atoms with Crippen LogP contribution in [-0.2, 0) is 13.0 Å². The van der Waals surface area contributed by atoms with Crippen molar-refractivity contribution in [3.05, 3.63) is 52.1 Å². The Labute approximate surface area is 116 Å². The number of nitrogen functional groups attached to an aromatic ring is 1. The van der Waals surface area contributed by atoms with E-state index in [1.54, 1.807) is 12.3 Å². The number of nitrogens with two attached hydrogens (primary N) is 1. The normalized spacial score (nSPS) is 10.5. The summed E-state index contributed by atoms with van der Waals surface area (Å²) < 4.78 is 2.00. The van der Waals surface area contributed by atoms with Gasteiger partial charge in [-0.2, -0.15) is 0 Å². The number of hydrazine groups is 1. The van der Waals surface area contributed by atoms with Gasteiger partial charge in [0.1, 0.15) is 11.5 Å². The highest BCUT2D eigenvalue weighted by atomic mass is 16.6. The predicted molar refractivity (Wildman–Crippen MR) is 76.2 cm³/mol. The molecule has 2 aromatic rings. The Morgan fingerprint density at radius 1 is 1.50 bits per heavy atom. The van der Waals surface area contributed by atoms with Gasteiger partial charge in [-0.05, 0) is 18.1 Å². The molecule has 0 aliphatic rings. The van der Waals surface area contributed by atoms with E-state index in [-0.39, 0.29) is 5.69 Å². The number of nitrogens with one attached hydrogen (secondary N) is 1. The van der Waals surface area contributed by atoms with Gasteiger partial charge < -0.3 is 9.99 Å². The van der Waals surface area contributed by atoms with Gasteiger partial charge in [0.15, 0.2) is 0 Å². The highest BCUT2D eigenvalue weighted by Gasteiger charge is 2.14. The third-order valence-corrected chi connectivity index (χ3v) is 3.04. The predicted octanol–water partition coefficient (Wildman–Crippen LogP) is 2.08. The Kier molecular flexibility index (Phi) is 4.31. The number of hydrogen-bond donors (Lipinski definition) is 2. The number of benzene rings is 1. The minimum atomic E-state index is -0.445. The molecular weight excluding hydrogens is 258 g/mol. The van der Waals surface area contributed by atoms with Crippen molar-refractivity contribution in [3.8, 4) is 0 Å². The van der Waals surface area contributed by atoms with E-state index in [9.17, 15) is 10.1 Å². The quantitative estimate of drug-likeness (QED) is 0.477. The van der Waals surface area contributed by atoms with Gasteiger partial charge >= 0.3 is 0 Å². The van der Waals surface area contributed by atoms with Crippen LogP contribution in [0.15, 0.2) is 30.6 Å². The number of anilines is 1. The first kappa shape index (κ1) is 14.0. The standard InChI is InChI=1S/C13H17N5O2/c1-2-3-13-15-6-7-17(13)9-10-4-5-11(16-14)12(8-10)18(19)20/h4-8,16H,2-3,9,14H2,1H3. The summed E-state index contributed by atoms with van der Waals surface area (Å²) in [5.74, 6) is 6.25. The Hall–Kier alpha value is -2.41. The highest BCUT2D eigenvalue weighted by Crippen LogP contribution is 2.25. The van der Waals surface area contributed by atoms with Crippen LogP contribution in [0.5, 0.6) is 0 Å². The minimum absolute atomic E-state index is 0.0258. The van der Waals surface area contributed by atoms with Crippen molar-refractivity contribution in [3.63, 3.8) is 0 Å². The van der Waals surface area contributed by atoms with Crippen LogP contribution in [0.2, 0.25) is 0 Å². The smallest absolute Gasteiger partial charge is 0.293 e. The lowest BCUT2D eigenvalue weighted by Crippen LogP contribution is -2.10. The van der Waals surface area contributed by atoms with Crippen LogP contribution in [0.1, 0.15) is 24.7 Å². The van der Waals surface area contributed by atoms with E-state index in [4.69, 9.17) is 5.84 Å². The summed E-state index contributed by atoms with van der Waals surface area (Å²) >= 11 is 0. The molecule has 0 amide bonds. The first-order valence-corrected chi connectivity index (χ1v) is 6.39. The minimum Gasteiger partial charge on any atom is -0.331 e. The van der Waals surface area contributed by atoms with Crippen LogP contribution < -0.4 is 11.3 Å². The van der Waals surface area contributed by atoms with E-state index >= 15 is 0 Å². The molecule has 0 radical (unpaired) electrons. The molecule has 106 valence electrons. The van der Waals surface area contributed by atoms with E-state index in [0.717, 1.165) is 24.2 Å². The molecule has 7 nitrogen and oxygen atoms in total. The van der Waals surface area contributed by atoms with Crippen LogP contribution >= 0.6 is 0 Å². The van der Waals surface area contributed by atoms with Crippen molar-refractivity contribution in [2.75, 3.05) is 5.43 Å². The van der Waals surface area contributed by atoms with Crippen molar-refractivity contribution >= 4 is 11.4 Å². The van der Waals surface area contributed by atoms with Crippen molar-refractivity contribution in [2.45, 2.75) is 26.3 Å². The maximum Gasteiger partial charge on any atom is 0.293 e. The van der Waals surface area contributed by atoms with E-state index in [0.29, 0.717) is 12.2 Å². The molecule has 1 heterocycles. The van der Waals surface area contributed by atoms with Gasteiger partial charge in [0.2, 0.25) is 0 Å². The molecule has 0 aliphatic heterocycles. The molecule has 0 spiro atoms. The summed E-state index contributed by atoms with van der Waals surface area (Å²) in [4.78, 5) is 14.8. The van der Waals surface area contributed by atoms with Crippen LogP contribution in [0.4, 0.5) is 11.4 Å². The van der Waals surface area contributed by atoms with Gasteiger partial charge in [-0.15, -0.1) is 0 Å². The van der Waals surface area contributed by atoms with Gasteiger partial charge in [0, 0.05) is 31.4 Å². The molecule has 0 saturated heterocycles. The van der Waals surface area contributed by atoms with Crippen LogP contribution in [0.25, 0.3) is 0 Å². The second kappa shape index (κ2) is 6.16. The first-order valence-electron chi connectivity index (χ1n) is 6.39. The topological polar surface area (TPSA) is 99.0 Å². The molecule has 0 saturated carbocycles. The van der Waals surface area contributed by atoms with E-state index in [1.807, 2.05) is 16.8 Å². The zero-order chi connectivity index (χ0) is 14.5. The number of nitro groups is 1. The third-order valence-electron chi connectivity index (χ3n) is 3.04. The molecule has 1 aromatic carbocycles. The summed E-state index contributed by atoms with van der Waals surface area (Å²) in [6, 6.07) is 4.97. The molecule has 0 fully saturated rings. The number of aryl methyl sites for hydroxylation is 1. The molecule has 20 heavy (non-hydrogen) atoms. The highest BCUT2D eigenvalue weighted by molar-refractivity contribution is 5.61. The lowest BCUT2D eigenvalue weighted by atomic mass is 10.1. The summed E-state index contributed by atoms with van der Waals surface area (Å²) in [5, 5.41) is 11.0. The number of nitro benzene ring substituents is 1. The fraction of sp³-hybridized carbons (Fsp3) is 0.308. The molecule has 2 rings (SSSR count). The van der Waals surface area contributed by atoms with Crippen molar-refractivity contribution in [2.24, 2.45) is 5.84 Å². The van der Waals surface area contributed by atoms with Gasteiger partial charge in [-0.1, -0.05) is 13.0 Å². The van der Waals surface area contributed by atoms with E-state index < -0.39 is 4.92 Å². The maximum atomic E-state index is 11.0. The molecule has 0 bridgehead atoms. The average Bonchev–Trinajstić information content (AvgIpc) is 2.86. The second-order valence-electron chi connectivity index (χ2n) is 4.47. The van der Waals surface area contributed by atoms with Gasteiger partial charge in [0.05, 0.1) is 4.92 Å². The van der Waals surface area contributed by atoms with E-state index in [2.05, 4.69) is 17.3 Å².